The van der Waals surface area contributed by atoms with Crippen molar-refractivity contribution < 1.29 is 4.79 Å². The van der Waals surface area contributed by atoms with E-state index in [0.29, 0.717) is 0 Å². The van der Waals surface area contributed by atoms with Gasteiger partial charge in [-0.2, -0.15) is 0 Å². The van der Waals surface area contributed by atoms with Gasteiger partial charge in [-0.15, -0.1) is 11.3 Å². The van der Waals surface area contributed by atoms with Crippen LogP contribution in [-0.2, 0) is 17.8 Å². The van der Waals surface area contributed by atoms with Gasteiger partial charge in [-0.05, 0) is 63.3 Å². The average molecular weight is 361 g/mol. The summed E-state index contributed by atoms with van der Waals surface area (Å²) in [5.74, 6) is 0.757. The highest BCUT2D eigenvalue weighted by Crippen LogP contribution is 2.25. The van der Waals surface area contributed by atoms with Crippen LogP contribution in [0.25, 0.3) is 0 Å². The summed E-state index contributed by atoms with van der Waals surface area (Å²) in [7, 11) is 1.93. The molecule has 0 amide bonds. The molecule has 1 aliphatic heterocycles. The van der Waals surface area contributed by atoms with Gasteiger partial charge in [-0.25, -0.2) is 4.98 Å². The van der Waals surface area contributed by atoms with Crippen molar-refractivity contribution in [2.45, 2.75) is 39.7 Å². The molecule has 1 saturated heterocycles. The van der Waals surface area contributed by atoms with E-state index in [1.54, 1.807) is 11.3 Å². The van der Waals surface area contributed by atoms with Crippen molar-refractivity contribution in [2.24, 2.45) is 5.92 Å². The minimum Gasteiger partial charge on any atom is -0.365 e. The van der Waals surface area contributed by atoms with E-state index in [-0.39, 0.29) is 0 Å². The molecule has 1 fully saturated rings. The van der Waals surface area contributed by atoms with Crippen LogP contribution in [0.15, 0.2) is 24.5 Å². The summed E-state index contributed by atoms with van der Waals surface area (Å²) in [6, 6.07) is 4.38. The summed E-state index contributed by atoms with van der Waals surface area (Å²) in [5, 5.41) is 4.12. The van der Waals surface area contributed by atoms with Crippen LogP contribution < -0.4 is 5.32 Å². The number of pyridine rings is 1. The van der Waals surface area contributed by atoms with Crippen LogP contribution in [0.5, 0.6) is 0 Å². The number of aldehydes is 1. The van der Waals surface area contributed by atoms with Crippen molar-refractivity contribution >= 4 is 22.8 Å². The third-order valence-corrected chi connectivity index (χ3v) is 5.24. The summed E-state index contributed by atoms with van der Waals surface area (Å²) in [6.07, 6.45) is 8.49. The molecule has 0 bridgehead atoms. The van der Waals surface area contributed by atoms with Crippen LogP contribution in [0.1, 0.15) is 35.9 Å². The fourth-order valence-corrected chi connectivity index (χ4v) is 4.05. The Kier molecular flexibility index (Phi) is 8.01. The lowest BCUT2D eigenvalue weighted by Crippen LogP contribution is -2.35. The lowest BCUT2D eigenvalue weighted by Gasteiger charge is -2.32. The molecule has 0 aromatic carbocycles. The van der Waals surface area contributed by atoms with E-state index >= 15 is 0 Å². The second-order valence-electron chi connectivity index (χ2n) is 6.37. The first-order valence-corrected chi connectivity index (χ1v) is 9.62. The van der Waals surface area contributed by atoms with Gasteiger partial charge in [0.15, 0.2) is 5.13 Å². The molecule has 0 spiro atoms. The Morgan fingerprint density at radius 3 is 2.92 bits per heavy atom. The monoisotopic (exact) mass is 360 g/mol. The summed E-state index contributed by atoms with van der Waals surface area (Å²) in [4.78, 5) is 21.4. The molecule has 1 N–H and O–H groups in total. The maximum atomic E-state index is 8.81. The number of anilines is 1. The highest BCUT2D eigenvalue weighted by Gasteiger charge is 2.21. The molecule has 6 heteroatoms. The summed E-state index contributed by atoms with van der Waals surface area (Å²) >= 11 is 1.76. The molecular formula is C19H28N4OS. The Balaban J connectivity index is 0.000000701. The standard InChI is InChI=1S/C17H24N4S.C2H4O/c1-13-8-14(5-6-19-13)9-15-4-3-7-21(11-15)12-16-10-20-17(18-2)22-16;1-2-3/h5-6,8,10,15H,3-4,7,9,11-12H2,1-2H3,(H,18,20);2H,1H3. The van der Waals surface area contributed by atoms with Crippen molar-refractivity contribution in [3.8, 4) is 0 Å². The quantitative estimate of drug-likeness (QED) is 0.827. The molecule has 3 heterocycles. The van der Waals surface area contributed by atoms with E-state index in [2.05, 4.69) is 39.2 Å². The lowest BCUT2D eigenvalue weighted by atomic mass is 9.91. The number of nitrogens with one attached hydrogen (secondary N) is 1. The lowest BCUT2D eigenvalue weighted by molar-refractivity contribution is -0.106. The molecule has 0 aliphatic carbocycles. The van der Waals surface area contributed by atoms with Crippen LogP contribution >= 0.6 is 11.3 Å². The summed E-state index contributed by atoms with van der Waals surface area (Å²) in [5.41, 5.74) is 2.55. The number of hydrogen-bond donors (Lipinski definition) is 1. The second-order valence-corrected chi connectivity index (χ2v) is 7.49. The number of hydrogen-bond acceptors (Lipinski definition) is 6. The van der Waals surface area contributed by atoms with Gasteiger partial charge in [-0.1, -0.05) is 0 Å². The van der Waals surface area contributed by atoms with E-state index in [9.17, 15) is 0 Å². The molecule has 2 aromatic rings. The van der Waals surface area contributed by atoms with Gasteiger partial charge in [0, 0.05) is 43.1 Å². The minimum absolute atomic E-state index is 0.750. The first kappa shape index (κ1) is 19.5. The fourth-order valence-electron chi connectivity index (χ4n) is 3.24. The second kappa shape index (κ2) is 10.3. The molecule has 2 aromatic heterocycles. The number of carbonyl (C=O) groups excluding carboxylic acids is 1. The summed E-state index contributed by atoms with van der Waals surface area (Å²) in [6.45, 7) is 6.94. The van der Waals surface area contributed by atoms with E-state index in [0.717, 1.165) is 29.6 Å². The first-order valence-electron chi connectivity index (χ1n) is 8.80. The highest BCUT2D eigenvalue weighted by atomic mass is 32.1. The third kappa shape index (κ3) is 6.55. The van der Waals surface area contributed by atoms with Gasteiger partial charge < -0.3 is 10.1 Å². The van der Waals surface area contributed by atoms with Crippen molar-refractivity contribution in [3.63, 3.8) is 0 Å². The number of aryl methyl sites for hydroxylation is 1. The van der Waals surface area contributed by atoms with Crippen molar-refractivity contribution in [1.82, 2.24) is 14.9 Å². The molecule has 3 rings (SSSR count). The zero-order chi connectivity index (χ0) is 18.1. The number of nitrogens with zero attached hydrogens (tertiary/aromatic N) is 3. The van der Waals surface area contributed by atoms with Gasteiger partial charge in [-0.3, -0.25) is 9.88 Å². The number of carbonyl (C=O) groups is 1. The van der Waals surface area contributed by atoms with Crippen LogP contribution in [0.4, 0.5) is 5.13 Å². The Hall–Kier alpha value is -1.79. The van der Waals surface area contributed by atoms with E-state index in [4.69, 9.17) is 4.79 Å². The smallest absolute Gasteiger partial charge is 0.182 e. The van der Waals surface area contributed by atoms with Crippen LogP contribution in [0.3, 0.4) is 0 Å². The highest BCUT2D eigenvalue weighted by molar-refractivity contribution is 7.15. The van der Waals surface area contributed by atoms with Gasteiger partial charge in [0.25, 0.3) is 0 Å². The first-order chi connectivity index (χ1) is 12.1. The molecule has 0 radical (unpaired) electrons. The Morgan fingerprint density at radius 1 is 1.44 bits per heavy atom. The van der Waals surface area contributed by atoms with E-state index in [1.165, 1.54) is 49.7 Å². The van der Waals surface area contributed by atoms with Crippen molar-refractivity contribution in [1.29, 1.82) is 0 Å². The van der Waals surface area contributed by atoms with Crippen LogP contribution in [0, 0.1) is 12.8 Å². The molecule has 136 valence electrons. The number of likely N-dealkylation sites (tertiary alicyclic amines) is 1. The largest absolute Gasteiger partial charge is 0.365 e. The van der Waals surface area contributed by atoms with Crippen LogP contribution in [0.2, 0.25) is 0 Å². The maximum absolute atomic E-state index is 8.81. The average Bonchev–Trinajstić information content (AvgIpc) is 3.03. The Labute approximate surface area is 154 Å². The fraction of sp³-hybridized carbons (Fsp3) is 0.526. The maximum Gasteiger partial charge on any atom is 0.182 e. The molecule has 0 saturated carbocycles. The normalized spacial score (nSPS) is 17.5. The SMILES string of the molecule is CC=O.CNc1ncc(CN2CCCC(Cc3ccnc(C)c3)C2)s1. The van der Waals surface area contributed by atoms with Crippen molar-refractivity contribution in [3.05, 3.63) is 40.7 Å². The molecule has 1 aliphatic rings. The molecule has 5 nitrogen and oxygen atoms in total. The number of piperidine rings is 1. The van der Waals surface area contributed by atoms with Gasteiger partial charge in [0.05, 0.1) is 0 Å². The molecular weight excluding hydrogens is 332 g/mol. The Morgan fingerprint density at radius 2 is 2.24 bits per heavy atom. The zero-order valence-electron chi connectivity index (χ0n) is 15.4. The molecule has 1 unspecified atom stereocenters. The zero-order valence-corrected chi connectivity index (χ0v) is 16.2. The minimum atomic E-state index is 0.750. The van der Waals surface area contributed by atoms with Crippen LogP contribution in [-0.4, -0.2) is 41.3 Å². The predicted molar refractivity (Wildman–Crippen MR) is 104 cm³/mol. The topological polar surface area (TPSA) is 58.1 Å². The third-order valence-electron chi connectivity index (χ3n) is 4.24. The van der Waals surface area contributed by atoms with E-state index in [1.807, 2.05) is 19.4 Å². The van der Waals surface area contributed by atoms with Gasteiger partial charge >= 0.3 is 0 Å². The van der Waals surface area contributed by atoms with Crippen molar-refractivity contribution in [2.75, 3.05) is 25.5 Å². The molecule has 1 atom stereocenters. The summed E-state index contributed by atoms with van der Waals surface area (Å²) < 4.78 is 0. The number of thiazole rings is 1. The Bertz CT molecular complexity index is 658. The van der Waals surface area contributed by atoms with Gasteiger partial charge in [0.2, 0.25) is 0 Å². The number of rotatable bonds is 5. The number of aromatic nitrogens is 2. The molecule has 25 heavy (non-hydrogen) atoms. The van der Waals surface area contributed by atoms with E-state index < -0.39 is 0 Å². The van der Waals surface area contributed by atoms with Gasteiger partial charge in [0.1, 0.15) is 6.29 Å². The predicted octanol–water partition coefficient (Wildman–Crippen LogP) is 3.55.